The van der Waals surface area contributed by atoms with Gasteiger partial charge in [0.2, 0.25) is 10.0 Å². The predicted octanol–water partition coefficient (Wildman–Crippen LogP) is 1.52. The van der Waals surface area contributed by atoms with Crippen LogP contribution in [0.1, 0.15) is 33.6 Å². The lowest BCUT2D eigenvalue weighted by atomic mass is 10.0. The van der Waals surface area contributed by atoms with Gasteiger partial charge in [0, 0.05) is 11.7 Å². The third kappa shape index (κ3) is 3.98. The van der Waals surface area contributed by atoms with E-state index in [2.05, 4.69) is 9.71 Å². The van der Waals surface area contributed by atoms with Gasteiger partial charge in [0.05, 0.1) is 0 Å². The number of nitrogens with two attached hydrogens (primary N) is 1. The topological polar surface area (TPSA) is 85.1 Å². The van der Waals surface area contributed by atoms with Crippen molar-refractivity contribution in [1.82, 2.24) is 9.71 Å². The molecule has 0 amide bonds. The van der Waals surface area contributed by atoms with Crippen LogP contribution in [-0.2, 0) is 10.0 Å². The van der Waals surface area contributed by atoms with Crippen LogP contribution >= 0.6 is 0 Å². The largest absolute Gasteiger partial charge is 0.384 e. The number of hydrogen-bond acceptors (Lipinski definition) is 4. The van der Waals surface area contributed by atoms with Crippen molar-refractivity contribution in [2.24, 2.45) is 0 Å². The summed E-state index contributed by atoms with van der Waals surface area (Å²) in [6, 6.07) is 2.92. The Bertz CT molecular complexity index is 466. The fourth-order valence-electron chi connectivity index (χ4n) is 1.65. The summed E-state index contributed by atoms with van der Waals surface area (Å²) in [6.07, 6.45) is 2.95. The number of nitrogens with zero attached hydrogens (tertiary/aromatic N) is 1. The summed E-state index contributed by atoms with van der Waals surface area (Å²) in [5, 5.41) is 0. The molecule has 0 spiro atoms. The van der Waals surface area contributed by atoms with Crippen LogP contribution in [0.3, 0.4) is 0 Å². The van der Waals surface area contributed by atoms with Crippen molar-refractivity contribution >= 4 is 15.8 Å². The zero-order valence-electron chi connectivity index (χ0n) is 10.4. The third-order valence-corrected chi connectivity index (χ3v) is 4.04. The van der Waals surface area contributed by atoms with E-state index in [4.69, 9.17) is 5.73 Å². The van der Waals surface area contributed by atoms with Crippen molar-refractivity contribution in [2.75, 3.05) is 5.73 Å². The molecular weight excluding hydrogens is 238 g/mol. The highest BCUT2D eigenvalue weighted by Crippen LogP contribution is 2.16. The van der Waals surface area contributed by atoms with Gasteiger partial charge in [0.25, 0.3) is 0 Å². The average molecular weight is 257 g/mol. The zero-order chi connectivity index (χ0) is 13.1. The van der Waals surface area contributed by atoms with Crippen molar-refractivity contribution in [3.63, 3.8) is 0 Å². The van der Waals surface area contributed by atoms with Crippen LogP contribution < -0.4 is 10.5 Å². The molecule has 96 valence electrons. The SMILES string of the molecule is CCCC(C)(C)NS(=O)(=O)c1ccc(N)nc1. The van der Waals surface area contributed by atoms with Gasteiger partial charge >= 0.3 is 0 Å². The quantitative estimate of drug-likeness (QED) is 0.837. The van der Waals surface area contributed by atoms with Crippen molar-refractivity contribution < 1.29 is 8.42 Å². The number of aromatic nitrogens is 1. The molecule has 0 saturated heterocycles. The standard InChI is InChI=1S/C11H19N3O2S/c1-4-7-11(2,3)14-17(15,16)9-5-6-10(12)13-8-9/h5-6,8,14H,4,7H2,1-3H3,(H2,12,13). The fourth-order valence-corrected chi connectivity index (χ4v) is 3.04. The average Bonchev–Trinajstić information content (AvgIpc) is 2.16. The lowest BCUT2D eigenvalue weighted by molar-refractivity contribution is 0.417. The second-order valence-electron chi connectivity index (χ2n) is 4.66. The maximum Gasteiger partial charge on any atom is 0.242 e. The third-order valence-electron chi connectivity index (χ3n) is 2.36. The zero-order valence-corrected chi connectivity index (χ0v) is 11.2. The van der Waals surface area contributed by atoms with E-state index in [1.54, 1.807) is 0 Å². The minimum Gasteiger partial charge on any atom is -0.384 e. The van der Waals surface area contributed by atoms with Gasteiger partial charge in [-0.25, -0.2) is 18.1 Å². The number of sulfonamides is 1. The highest BCUT2D eigenvalue weighted by Gasteiger charge is 2.25. The van der Waals surface area contributed by atoms with E-state index in [-0.39, 0.29) is 4.90 Å². The van der Waals surface area contributed by atoms with Crippen molar-refractivity contribution in [2.45, 2.75) is 44.0 Å². The van der Waals surface area contributed by atoms with Crippen LogP contribution in [0.25, 0.3) is 0 Å². The summed E-state index contributed by atoms with van der Waals surface area (Å²) >= 11 is 0. The molecule has 0 unspecified atom stereocenters. The lowest BCUT2D eigenvalue weighted by Gasteiger charge is -2.25. The second-order valence-corrected chi connectivity index (χ2v) is 6.34. The van der Waals surface area contributed by atoms with Gasteiger partial charge in [-0.1, -0.05) is 13.3 Å². The highest BCUT2D eigenvalue weighted by molar-refractivity contribution is 7.89. The normalized spacial score (nSPS) is 12.6. The smallest absolute Gasteiger partial charge is 0.242 e. The summed E-state index contributed by atoms with van der Waals surface area (Å²) in [5.41, 5.74) is 4.96. The van der Waals surface area contributed by atoms with Gasteiger partial charge in [0.1, 0.15) is 10.7 Å². The van der Waals surface area contributed by atoms with E-state index in [9.17, 15) is 8.42 Å². The van der Waals surface area contributed by atoms with E-state index >= 15 is 0 Å². The molecule has 0 aliphatic heterocycles. The van der Waals surface area contributed by atoms with Crippen LogP contribution in [0.4, 0.5) is 5.82 Å². The van der Waals surface area contributed by atoms with E-state index in [1.807, 2.05) is 20.8 Å². The van der Waals surface area contributed by atoms with Gasteiger partial charge in [-0.15, -0.1) is 0 Å². The van der Waals surface area contributed by atoms with Crippen LogP contribution in [0.15, 0.2) is 23.2 Å². The number of pyridine rings is 1. The molecule has 17 heavy (non-hydrogen) atoms. The molecule has 1 aromatic rings. The fraction of sp³-hybridized carbons (Fsp3) is 0.545. The Kier molecular flexibility index (Phi) is 4.11. The molecule has 0 bridgehead atoms. The first-order chi connectivity index (χ1) is 7.77. The molecular formula is C11H19N3O2S. The molecule has 3 N–H and O–H groups in total. The Hall–Kier alpha value is -1.14. The van der Waals surface area contributed by atoms with Crippen molar-refractivity contribution in [3.8, 4) is 0 Å². The molecule has 0 aromatic carbocycles. The van der Waals surface area contributed by atoms with E-state index in [1.165, 1.54) is 18.3 Å². The van der Waals surface area contributed by atoms with Gasteiger partial charge in [-0.05, 0) is 32.4 Å². The number of nitrogens with one attached hydrogen (secondary N) is 1. The molecule has 0 atom stereocenters. The Labute approximate surface area is 102 Å². The highest BCUT2D eigenvalue weighted by atomic mass is 32.2. The summed E-state index contributed by atoms with van der Waals surface area (Å²) in [6.45, 7) is 5.73. The first-order valence-electron chi connectivity index (χ1n) is 5.52. The monoisotopic (exact) mass is 257 g/mol. The molecule has 1 heterocycles. The molecule has 0 fully saturated rings. The van der Waals surface area contributed by atoms with Crippen LogP contribution in [0.5, 0.6) is 0 Å². The van der Waals surface area contributed by atoms with Gasteiger partial charge < -0.3 is 5.73 Å². The second kappa shape index (κ2) is 5.01. The Morgan fingerprint density at radius 3 is 2.53 bits per heavy atom. The number of rotatable bonds is 5. The van der Waals surface area contributed by atoms with Crippen LogP contribution in [0.2, 0.25) is 0 Å². The Morgan fingerprint density at radius 2 is 2.06 bits per heavy atom. The van der Waals surface area contributed by atoms with E-state index < -0.39 is 15.6 Å². The molecule has 5 nitrogen and oxygen atoms in total. The Balaban J connectivity index is 2.93. The maximum atomic E-state index is 12.0. The summed E-state index contributed by atoms with van der Waals surface area (Å²) < 4.78 is 26.7. The number of nitrogen functional groups attached to an aromatic ring is 1. The molecule has 1 rings (SSSR count). The lowest BCUT2D eigenvalue weighted by Crippen LogP contribution is -2.43. The number of hydrogen-bond donors (Lipinski definition) is 2. The number of anilines is 1. The van der Waals surface area contributed by atoms with Gasteiger partial charge in [-0.3, -0.25) is 0 Å². The first kappa shape index (κ1) is 13.9. The molecule has 0 saturated carbocycles. The molecule has 0 aliphatic carbocycles. The molecule has 1 aromatic heterocycles. The van der Waals surface area contributed by atoms with E-state index in [0.29, 0.717) is 5.82 Å². The van der Waals surface area contributed by atoms with Gasteiger partial charge in [0.15, 0.2) is 0 Å². The minimum atomic E-state index is -3.52. The Morgan fingerprint density at radius 1 is 1.41 bits per heavy atom. The minimum absolute atomic E-state index is 0.135. The summed E-state index contributed by atoms with van der Waals surface area (Å²) in [7, 11) is -3.52. The summed E-state index contributed by atoms with van der Waals surface area (Å²) in [4.78, 5) is 3.92. The van der Waals surface area contributed by atoms with Crippen molar-refractivity contribution in [1.29, 1.82) is 0 Å². The predicted molar refractivity (Wildman–Crippen MR) is 68.0 cm³/mol. The molecule has 0 radical (unpaired) electrons. The molecule has 6 heteroatoms. The first-order valence-corrected chi connectivity index (χ1v) is 7.01. The summed E-state index contributed by atoms with van der Waals surface area (Å²) in [5.74, 6) is 0.303. The van der Waals surface area contributed by atoms with Gasteiger partial charge in [-0.2, -0.15) is 0 Å². The maximum absolute atomic E-state index is 12.0. The van der Waals surface area contributed by atoms with Crippen molar-refractivity contribution in [3.05, 3.63) is 18.3 Å². The van der Waals surface area contributed by atoms with Crippen LogP contribution in [0, 0.1) is 0 Å². The van der Waals surface area contributed by atoms with E-state index in [0.717, 1.165) is 12.8 Å². The van der Waals surface area contributed by atoms with Crippen LogP contribution in [-0.4, -0.2) is 18.9 Å². The molecule has 0 aliphatic rings.